The summed E-state index contributed by atoms with van der Waals surface area (Å²) in [4.78, 5) is 23.8. The fourth-order valence-electron chi connectivity index (χ4n) is 2.01. The molecule has 6 heteroatoms. The number of carbonyl (C=O) groups excluding carboxylic acids is 2. The molecule has 25 heavy (non-hydrogen) atoms. The van der Waals surface area contributed by atoms with E-state index in [-0.39, 0.29) is 17.0 Å². The first-order valence-electron chi connectivity index (χ1n) is 8.04. The number of carbonyl (C=O) groups is 2. The van der Waals surface area contributed by atoms with E-state index in [9.17, 15) is 9.59 Å². The van der Waals surface area contributed by atoms with Crippen molar-refractivity contribution in [2.24, 2.45) is 0 Å². The van der Waals surface area contributed by atoms with Crippen molar-refractivity contribution in [3.8, 4) is 0 Å². The van der Waals surface area contributed by atoms with Crippen LogP contribution in [0.4, 0.5) is 5.69 Å². The number of rotatable bonds is 6. The average molecular weight is 356 g/mol. The standard InChI is InChI=1S/C19H20N2O3S/c1-2-3-13-24-18(23)15-9-11-16(12-10-15)20-19(25)21-17(22)14-7-5-4-6-8-14/h4-12H,2-3,13H2,1H3,(H2,20,21,22,25). The molecule has 0 spiro atoms. The third-order valence-corrected chi connectivity index (χ3v) is 3.58. The van der Waals surface area contributed by atoms with Crippen molar-refractivity contribution in [2.75, 3.05) is 11.9 Å². The van der Waals surface area contributed by atoms with Gasteiger partial charge in [0.2, 0.25) is 0 Å². The van der Waals surface area contributed by atoms with Crippen molar-refractivity contribution in [3.05, 3.63) is 65.7 Å². The summed E-state index contributed by atoms with van der Waals surface area (Å²) in [6.45, 7) is 2.46. The topological polar surface area (TPSA) is 67.4 Å². The summed E-state index contributed by atoms with van der Waals surface area (Å²) in [6.07, 6.45) is 1.82. The lowest BCUT2D eigenvalue weighted by Crippen LogP contribution is -2.34. The lowest BCUT2D eigenvalue weighted by Gasteiger charge is -2.10. The molecular weight excluding hydrogens is 336 g/mol. The largest absolute Gasteiger partial charge is 0.462 e. The SMILES string of the molecule is CCCCOC(=O)c1ccc(NC(=S)NC(=O)c2ccccc2)cc1. The summed E-state index contributed by atoms with van der Waals surface area (Å²) in [5.41, 5.74) is 1.67. The lowest BCUT2D eigenvalue weighted by molar-refractivity contribution is 0.0499. The molecule has 0 saturated carbocycles. The van der Waals surface area contributed by atoms with Crippen LogP contribution in [-0.2, 0) is 4.74 Å². The van der Waals surface area contributed by atoms with Crippen LogP contribution in [0.5, 0.6) is 0 Å². The molecule has 0 atom stereocenters. The van der Waals surface area contributed by atoms with Gasteiger partial charge in [-0.15, -0.1) is 0 Å². The molecule has 1 amide bonds. The third kappa shape index (κ3) is 6.00. The van der Waals surface area contributed by atoms with Crippen LogP contribution in [0.15, 0.2) is 54.6 Å². The highest BCUT2D eigenvalue weighted by molar-refractivity contribution is 7.80. The van der Waals surface area contributed by atoms with E-state index in [2.05, 4.69) is 10.6 Å². The van der Waals surface area contributed by atoms with E-state index in [1.165, 1.54) is 0 Å². The third-order valence-electron chi connectivity index (χ3n) is 3.37. The van der Waals surface area contributed by atoms with Gasteiger partial charge >= 0.3 is 5.97 Å². The maximum absolute atomic E-state index is 12.0. The summed E-state index contributed by atoms with van der Waals surface area (Å²) >= 11 is 5.13. The Hall–Kier alpha value is -2.73. The zero-order valence-electron chi connectivity index (χ0n) is 14.0. The molecule has 0 saturated heterocycles. The Morgan fingerprint density at radius 1 is 1.00 bits per heavy atom. The molecule has 0 aliphatic carbocycles. The molecule has 0 bridgehead atoms. The van der Waals surface area contributed by atoms with Gasteiger partial charge in [0, 0.05) is 11.3 Å². The van der Waals surface area contributed by atoms with Crippen LogP contribution in [-0.4, -0.2) is 23.6 Å². The summed E-state index contributed by atoms with van der Waals surface area (Å²) < 4.78 is 5.15. The molecule has 130 valence electrons. The molecule has 0 aromatic heterocycles. The van der Waals surface area contributed by atoms with Gasteiger partial charge in [-0.2, -0.15) is 0 Å². The van der Waals surface area contributed by atoms with E-state index in [1.807, 2.05) is 13.0 Å². The number of nitrogens with one attached hydrogen (secondary N) is 2. The minimum absolute atomic E-state index is 0.187. The van der Waals surface area contributed by atoms with Crippen molar-refractivity contribution in [1.29, 1.82) is 0 Å². The smallest absolute Gasteiger partial charge is 0.338 e. The number of anilines is 1. The van der Waals surface area contributed by atoms with Gasteiger partial charge in [0.1, 0.15) is 0 Å². The zero-order chi connectivity index (χ0) is 18.1. The Balaban J connectivity index is 1.87. The quantitative estimate of drug-likeness (QED) is 0.468. The van der Waals surface area contributed by atoms with Gasteiger partial charge in [-0.05, 0) is 55.0 Å². The first-order valence-corrected chi connectivity index (χ1v) is 8.45. The number of amides is 1. The maximum Gasteiger partial charge on any atom is 0.338 e. The van der Waals surface area contributed by atoms with Gasteiger partial charge in [0.05, 0.1) is 12.2 Å². The van der Waals surface area contributed by atoms with E-state index in [1.54, 1.807) is 48.5 Å². The lowest BCUT2D eigenvalue weighted by atomic mass is 10.2. The van der Waals surface area contributed by atoms with Crippen LogP contribution in [0.25, 0.3) is 0 Å². The molecule has 2 rings (SSSR count). The Labute approximate surface area is 152 Å². The zero-order valence-corrected chi connectivity index (χ0v) is 14.8. The Morgan fingerprint density at radius 3 is 2.32 bits per heavy atom. The summed E-state index contributed by atoms with van der Waals surface area (Å²) in [6, 6.07) is 15.5. The minimum Gasteiger partial charge on any atom is -0.462 e. The van der Waals surface area contributed by atoms with Crippen LogP contribution in [0.1, 0.15) is 40.5 Å². The van der Waals surface area contributed by atoms with Gasteiger partial charge in [-0.3, -0.25) is 10.1 Å². The van der Waals surface area contributed by atoms with Crippen LogP contribution in [0, 0.1) is 0 Å². The second kappa shape index (κ2) is 9.54. The normalized spacial score (nSPS) is 9.96. The predicted molar refractivity (Wildman–Crippen MR) is 102 cm³/mol. The molecule has 5 nitrogen and oxygen atoms in total. The highest BCUT2D eigenvalue weighted by Gasteiger charge is 2.09. The number of ether oxygens (including phenoxy) is 1. The molecule has 0 unspecified atom stereocenters. The molecule has 0 aliphatic rings. The predicted octanol–water partition coefficient (Wildman–Crippen LogP) is 3.77. The highest BCUT2D eigenvalue weighted by atomic mass is 32.1. The van der Waals surface area contributed by atoms with Gasteiger partial charge < -0.3 is 10.1 Å². The maximum atomic E-state index is 12.0. The number of benzene rings is 2. The number of thiocarbonyl (C=S) groups is 1. The molecular formula is C19H20N2O3S. The molecule has 0 heterocycles. The first kappa shape index (κ1) is 18.6. The van der Waals surface area contributed by atoms with Crippen LogP contribution in [0.3, 0.4) is 0 Å². The second-order valence-electron chi connectivity index (χ2n) is 5.34. The molecule has 2 aromatic rings. The first-order chi connectivity index (χ1) is 12.1. The van der Waals surface area contributed by atoms with E-state index in [4.69, 9.17) is 17.0 Å². The molecule has 0 aliphatic heterocycles. The van der Waals surface area contributed by atoms with E-state index < -0.39 is 0 Å². The van der Waals surface area contributed by atoms with E-state index >= 15 is 0 Å². The van der Waals surface area contributed by atoms with Gasteiger partial charge in [-0.1, -0.05) is 31.5 Å². The van der Waals surface area contributed by atoms with Crippen LogP contribution in [0.2, 0.25) is 0 Å². The number of hydrogen-bond donors (Lipinski definition) is 2. The fraction of sp³-hybridized carbons (Fsp3) is 0.211. The summed E-state index contributed by atoms with van der Waals surface area (Å²) in [5, 5.41) is 5.70. The molecule has 0 fully saturated rings. The number of hydrogen-bond acceptors (Lipinski definition) is 4. The highest BCUT2D eigenvalue weighted by Crippen LogP contribution is 2.11. The van der Waals surface area contributed by atoms with E-state index in [0.717, 1.165) is 12.8 Å². The summed E-state index contributed by atoms with van der Waals surface area (Å²) in [7, 11) is 0. The van der Waals surface area contributed by atoms with Crippen LogP contribution < -0.4 is 10.6 Å². The van der Waals surface area contributed by atoms with Crippen molar-refractivity contribution >= 4 is 34.9 Å². The monoisotopic (exact) mass is 356 g/mol. The second-order valence-corrected chi connectivity index (χ2v) is 5.75. The van der Waals surface area contributed by atoms with Crippen molar-refractivity contribution in [3.63, 3.8) is 0 Å². The van der Waals surface area contributed by atoms with Crippen molar-refractivity contribution < 1.29 is 14.3 Å². The fourth-order valence-corrected chi connectivity index (χ4v) is 2.22. The molecule has 2 N–H and O–H groups in total. The molecule has 0 radical (unpaired) electrons. The van der Waals surface area contributed by atoms with E-state index in [0.29, 0.717) is 23.4 Å². The number of esters is 1. The van der Waals surface area contributed by atoms with Crippen molar-refractivity contribution in [1.82, 2.24) is 5.32 Å². The summed E-state index contributed by atoms with van der Waals surface area (Å²) in [5.74, 6) is -0.630. The van der Waals surface area contributed by atoms with Gasteiger partial charge in [0.15, 0.2) is 5.11 Å². The van der Waals surface area contributed by atoms with Crippen molar-refractivity contribution in [2.45, 2.75) is 19.8 Å². The van der Waals surface area contributed by atoms with Crippen LogP contribution >= 0.6 is 12.2 Å². The molecule has 2 aromatic carbocycles. The Bertz CT molecular complexity index is 730. The minimum atomic E-state index is -0.347. The number of unbranched alkanes of at least 4 members (excludes halogenated alkanes) is 1. The average Bonchev–Trinajstić information content (AvgIpc) is 2.63. The Kier molecular flexibility index (Phi) is 7.10. The van der Waals surface area contributed by atoms with Gasteiger partial charge in [-0.25, -0.2) is 4.79 Å². The van der Waals surface area contributed by atoms with Gasteiger partial charge in [0.25, 0.3) is 5.91 Å². The Morgan fingerprint density at radius 2 is 1.68 bits per heavy atom.